The molecule has 0 saturated carbocycles. The number of halogens is 1. The van der Waals surface area contributed by atoms with Crippen molar-refractivity contribution in [2.24, 2.45) is 0 Å². The van der Waals surface area contributed by atoms with Crippen LogP contribution in [-0.4, -0.2) is 41.8 Å². The van der Waals surface area contributed by atoms with Gasteiger partial charge in [0.25, 0.3) is 5.91 Å². The maximum absolute atomic E-state index is 13.3. The van der Waals surface area contributed by atoms with Gasteiger partial charge in [-0.25, -0.2) is 4.39 Å². The summed E-state index contributed by atoms with van der Waals surface area (Å²) in [5.74, 6) is -0.0454. The molecule has 6 heteroatoms. The van der Waals surface area contributed by atoms with Crippen LogP contribution in [0.2, 0.25) is 0 Å². The summed E-state index contributed by atoms with van der Waals surface area (Å²) in [6.45, 7) is 1.54. The minimum absolute atomic E-state index is 0.0387. The average Bonchev–Trinajstić information content (AvgIpc) is 2.42. The van der Waals surface area contributed by atoms with E-state index in [9.17, 15) is 14.3 Å². The lowest BCUT2D eigenvalue weighted by atomic mass is 10.0. The van der Waals surface area contributed by atoms with Crippen molar-refractivity contribution in [1.82, 2.24) is 5.32 Å². The molecule has 2 N–H and O–H groups in total. The van der Waals surface area contributed by atoms with Crippen LogP contribution in [0.4, 0.5) is 4.39 Å². The number of para-hydroxylation sites is 1. The predicted octanol–water partition coefficient (Wildman–Crippen LogP) is 1.82. The van der Waals surface area contributed by atoms with Crippen LogP contribution >= 0.6 is 11.8 Å². The van der Waals surface area contributed by atoms with E-state index in [0.29, 0.717) is 6.42 Å². The van der Waals surface area contributed by atoms with Crippen molar-refractivity contribution in [1.29, 1.82) is 0 Å². The Balaban J connectivity index is 2.32. The number of carbonyl (C=O) groups excluding carboxylic acids is 1. The maximum Gasteiger partial charge on any atom is 0.258 e. The Bertz CT molecular complexity index is 440. The van der Waals surface area contributed by atoms with Gasteiger partial charge in [-0.1, -0.05) is 12.1 Å². The van der Waals surface area contributed by atoms with Crippen molar-refractivity contribution in [3.63, 3.8) is 0 Å². The van der Waals surface area contributed by atoms with E-state index in [4.69, 9.17) is 4.74 Å². The first kappa shape index (κ1) is 16.8. The Kier molecular flexibility index (Phi) is 6.81. The summed E-state index contributed by atoms with van der Waals surface area (Å²) in [5.41, 5.74) is -0.948. The summed E-state index contributed by atoms with van der Waals surface area (Å²) in [6.07, 6.45) is 2.54. The van der Waals surface area contributed by atoms with Gasteiger partial charge < -0.3 is 15.2 Å². The number of carbonyl (C=O) groups is 1. The molecule has 0 spiro atoms. The van der Waals surface area contributed by atoms with Gasteiger partial charge in [-0.05, 0) is 37.5 Å². The van der Waals surface area contributed by atoms with E-state index in [2.05, 4.69) is 5.32 Å². The summed E-state index contributed by atoms with van der Waals surface area (Å²) in [6, 6.07) is 5.90. The second-order valence-corrected chi connectivity index (χ2v) is 5.72. The van der Waals surface area contributed by atoms with Crippen molar-refractivity contribution >= 4 is 17.7 Å². The zero-order valence-electron chi connectivity index (χ0n) is 11.7. The summed E-state index contributed by atoms with van der Waals surface area (Å²) in [4.78, 5) is 11.6. The van der Waals surface area contributed by atoms with Gasteiger partial charge in [0.1, 0.15) is 0 Å². The van der Waals surface area contributed by atoms with E-state index in [0.717, 1.165) is 5.75 Å². The van der Waals surface area contributed by atoms with Crippen molar-refractivity contribution in [2.75, 3.05) is 25.2 Å². The molecule has 112 valence electrons. The number of nitrogens with one attached hydrogen (secondary N) is 1. The van der Waals surface area contributed by atoms with Crippen LogP contribution in [0.15, 0.2) is 24.3 Å². The third kappa shape index (κ3) is 6.25. The van der Waals surface area contributed by atoms with Gasteiger partial charge in [-0.15, -0.1) is 0 Å². The Labute approximate surface area is 122 Å². The normalized spacial score (nSPS) is 13.6. The van der Waals surface area contributed by atoms with Gasteiger partial charge in [-0.3, -0.25) is 4.79 Å². The molecule has 0 unspecified atom stereocenters. The Morgan fingerprint density at radius 3 is 2.85 bits per heavy atom. The molecule has 1 atom stereocenters. The fourth-order valence-corrected chi connectivity index (χ4v) is 2.10. The zero-order valence-corrected chi connectivity index (χ0v) is 12.5. The average molecular weight is 301 g/mol. The first-order valence-corrected chi connectivity index (χ1v) is 7.69. The van der Waals surface area contributed by atoms with E-state index in [1.165, 1.54) is 12.1 Å². The molecule has 1 rings (SSSR count). The molecule has 4 nitrogen and oxygen atoms in total. The maximum atomic E-state index is 13.3. The van der Waals surface area contributed by atoms with E-state index in [1.54, 1.807) is 30.8 Å². The minimum atomic E-state index is -0.948. The highest BCUT2D eigenvalue weighted by Gasteiger charge is 2.20. The molecule has 1 aromatic carbocycles. The van der Waals surface area contributed by atoms with Crippen molar-refractivity contribution < 1.29 is 19.0 Å². The molecule has 20 heavy (non-hydrogen) atoms. The largest absolute Gasteiger partial charge is 0.481 e. The van der Waals surface area contributed by atoms with Crippen molar-refractivity contribution in [2.45, 2.75) is 18.9 Å². The molecule has 0 fully saturated rings. The molecule has 0 heterocycles. The highest BCUT2D eigenvalue weighted by Crippen LogP contribution is 2.15. The second kappa shape index (κ2) is 8.11. The van der Waals surface area contributed by atoms with Crippen LogP contribution in [0.3, 0.4) is 0 Å². The standard InChI is InChI=1S/C14H20FNO3S/c1-14(18,7-8-20-2)10-16-13(17)9-19-12-6-4-3-5-11(12)15/h3-6,18H,7-10H2,1-2H3,(H,16,17)/t14-/m0/s1. The lowest BCUT2D eigenvalue weighted by Crippen LogP contribution is -2.42. The first-order chi connectivity index (χ1) is 9.44. The highest BCUT2D eigenvalue weighted by molar-refractivity contribution is 7.98. The van der Waals surface area contributed by atoms with Crippen LogP contribution in [0.25, 0.3) is 0 Å². The fraction of sp³-hybridized carbons (Fsp3) is 0.500. The Hall–Kier alpha value is -1.27. The number of rotatable bonds is 8. The van der Waals surface area contributed by atoms with Gasteiger partial charge >= 0.3 is 0 Å². The summed E-state index contributed by atoms with van der Waals surface area (Å²) < 4.78 is 18.3. The van der Waals surface area contributed by atoms with E-state index in [1.807, 2.05) is 6.26 Å². The topological polar surface area (TPSA) is 58.6 Å². The lowest BCUT2D eigenvalue weighted by Gasteiger charge is -2.23. The quantitative estimate of drug-likeness (QED) is 0.769. The minimum Gasteiger partial charge on any atom is -0.481 e. The molecule has 0 saturated heterocycles. The Morgan fingerprint density at radius 2 is 2.20 bits per heavy atom. The number of hydrogen-bond acceptors (Lipinski definition) is 4. The molecule has 0 aliphatic carbocycles. The predicted molar refractivity (Wildman–Crippen MR) is 78.5 cm³/mol. The summed E-state index contributed by atoms with van der Waals surface area (Å²) in [7, 11) is 0. The number of benzene rings is 1. The smallest absolute Gasteiger partial charge is 0.258 e. The summed E-state index contributed by atoms with van der Waals surface area (Å²) in [5, 5.41) is 12.6. The number of amides is 1. The van der Waals surface area contributed by atoms with Gasteiger partial charge in [0.05, 0.1) is 5.60 Å². The summed E-state index contributed by atoms with van der Waals surface area (Å²) >= 11 is 1.63. The molecular formula is C14H20FNO3S. The van der Waals surface area contributed by atoms with E-state index in [-0.39, 0.29) is 18.9 Å². The highest BCUT2D eigenvalue weighted by atomic mass is 32.2. The van der Waals surface area contributed by atoms with Crippen LogP contribution < -0.4 is 10.1 Å². The Morgan fingerprint density at radius 1 is 1.50 bits per heavy atom. The van der Waals surface area contributed by atoms with Gasteiger partial charge in [-0.2, -0.15) is 11.8 Å². The SMILES string of the molecule is CSCC[C@](C)(O)CNC(=O)COc1ccccc1F. The molecule has 0 aliphatic heterocycles. The van der Waals surface area contributed by atoms with Crippen molar-refractivity contribution in [3.05, 3.63) is 30.1 Å². The van der Waals surface area contributed by atoms with Crippen LogP contribution in [0, 0.1) is 5.82 Å². The zero-order chi connectivity index (χ0) is 15.0. The molecule has 1 aromatic rings. The number of thioether (sulfide) groups is 1. The van der Waals surface area contributed by atoms with Gasteiger partial charge in [0.15, 0.2) is 18.2 Å². The molecule has 0 bridgehead atoms. The molecule has 0 aliphatic rings. The molecule has 0 aromatic heterocycles. The first-order valence-electron chi connectivity index (χ1n) is 6.30. The van der Waals surface area contributed by atoms with Gasteiger partial charge in [0.2, 0.25) is 0 Å². The van der Waals surface area contributed by atoms with Crippen molar-refractivity contribution in [3.8, 4) is 5.75 Å². The third-order valence-corrected chi connectivity index (χ3v) is 3.32. The molecular weight excluding hydrogens is 281 g/mol. The fourth-order valence-electron chi connectivity index (χ4n) is 1.46. The van der Waals surface area contributed by atoms with E-state index >= 15 is 0 Å². The number of aliphatic hydroxyl groups is 1. The van der Waals surface area contributed by atoms with Crippen LogP contribution in [0.5, 0.6) is 5.75 Å². The van der Waals surface area contributed by atoms with Gasteiger partial charge in [0, 0.05) is 6.54 Å². The van der Waals surface area contributed by atoms with Crippen LogP contribution in [0.1, 0.15) is 13.3 Å². The second-order valence-electron chi connectivity index (χ2n) is 4.74. The third-order valence-electron chi connectivity index (χ3n) is 2.71. The lowest BCUT2D eigenvalue weighted by molar-refractivity contribution is -0.124. The number of hydrogen-bond donors (Lipinski definition) is 2. The van der Waals surface area contributed by atoms with E-state index < -0.39 is 17.3 Å². The molecule has 1 amide bonds. The monoisotopic (exact) mass is 301 g/mol. The molecule has 0 radical (unpaired) electrons. The number of ether oxygens (including phenoxy) is 1. The van der Waals surface area contributed by atoms with Crippen LogP contribution in [-0.2, 0) is 4.79 Å².